The van der Waals surface area contributed by atoms with Gasteiger partial charge in [0.05, 0.1) is 32.8 Å². The van der Waals surface area contributed by atoms with E-state index in [1.54, 1.807) is 30.3 Å². The van der Waals surface area contributed by atoms with E-state index in [1.165, 1.54) is 0 Å². The number of hydrogen-bond donors (Lipinski definition) is 0. The molecule has 0 aliphatic heterocycles. The minimum Gasteiger partial charge on any atom is -0.0622 e. The first-order chi connectivity index (χ1) is 39.6. The fourth-order valence-electron chi connectivity index (χ4n) is 10.1. The molecule has 0 heteroatoms. The molecular formula is C63H38. The highest BCUT2D eigenvalue weighted by molar-refractivity contribution is 6.26. The summed E-state index contributed by atoms with van der Waals surface area (Å²) in [6.07, 6.45) is 0. The molecule has 0 atom stereocenters. The van der Waals surface area contributed by atoms with Gasteiger partial charge in [-0.05, 0) is 150 Å². The number of hydrogen-bond acceptors (Lipinski definition) is 0. The second-order valence-electron chi connectivity index (χ2n) is 15.9. The average Bonchev–Trinajstić information content (AvgIpc) is 1.55. The molecule has 1 aliphatic rings. The third kappa shape index (κ3) is 4.81. The topological polar surface area (TPSA) is 0 Å². The molecule has 0 aromatic heterocycles. The highest BCUT2D eigenvalue weighted by Gasteiger charge is 2.46. The minimum atomic E-state index is -3.10. The number of rotatable bonds is 5. The molecule has 0 unspecified atom stereocenters. The van der Waals surface area contributed by atoms with Gasteiger partial charge in [0.15, 0.2) is 0 Å². The predicted octanol–water partition coefficient (Wildman–Crippen LogP) is 16.8. The van der Waals surface area contributed by atoms with E-state index < -0.39 is 171 Å². The van der Waals surface area contributed by atoms with Crippen LogP contribution < -0.4 is 0 Å². The number of fused-ring (bicyclic) bond motifs is 3. The van der Waals surface area contributed by atoms with Crippen LogP contribution >= 0.6 is 0 Å². The maximum atomic E-state index is 10.7. The van der Waals surface area contributed by atoms with Gasteiger partial charge in [-0.2, -0.15) is 0 Å². The van der Waals surface area contributed by atoms with Crippen molar-refractivity contribution in [1.29, 1.82) is 0 Å². The molecule has 0 saturated carbocycles. The quantitative estimate of drug-likeness (QED) is 0.152. The lowest BCUT2D eigenvalue weighted by molar-refractivity contribution is 0.769. The molecule has 0 bridgehead atoms. The Morgan fingerprint density at radius 1 is 0.286 bits per heavy atom. The van der Waals surface area contributed by atoms with Crippen LogP contribution in [0.25, 0.3) is 109 Å². The SMILES string of the molecule is [2H]c1c([2H])c([2H])c(C2(c3c([2H])c([2H])c([2H])c([2H])c3[2H])c3c([2H])c(-c4c([2H])c([2H])c([2H])c(-c5ccc6ccc7cccc8ccc5c6c78)c4[2H])c([2H])c([2H])c3-c3c([2H])c([2H])c(-c4ccc5ccc6cccc7ccc4c5c67)c([2H])c32)c([2H])c1[2H]. The molecule has 0 radical (unpaired) electrons. The second-order valence-corrected chi connectivity index (χ2v) is 15.9. The lowest BCUT2D eigenvalue weighted by Crippen LogP contribution is -2.28. The van der Waals surface area contributed by atoms with E-state index in [4.69, 9.17) is 2.74 Å². The van der Waals surface area contributed by atoms with Crippen LogP contribution in [0.15, 0.2) is 230 Å². The van der Waals surface area contributed by atoms with Gasteiger partial charge in [-0.3, -0.25) is 0 Å². The van der Waals surface area contributed by atoms with Crippen molar-refractivity contribution in [3.05, 3.63) is 252 Å². The Balaban J connectivity index is 1.19. The van der Waals surface area contributed by atoms with Crippen LogP contribution in [0.3, 0.4) is 0 Å². The van der Waals surface area contributed by atoms with E-state index >= 15 is 0 Å². The van der Waals surface area contributed by atoms with Crippen molar-refractivity contribution < 1.29 is 27.4 Å². The zero-order valence-corrected chi connectivity index (χ0v) is 32.9. The van der Waals surface area contributed by atoms with Crippen molar-refractivity contribution in [2.75, 3.05) is 0 Å². The molecule has 0 N–H and O–H groups in total. The molecule has 0 amide bonds. The van der Waals surface area contributed by atoms with Crippen LogP contribution in [0.5, 0.6) is 0 Å². The third-order valence-electron chi connectivity index (χ3n) is 12.8. The van der Waals surface area contributed by atoms with Gasteiger partial charge < -0.3 is 0 Å². The first-order valence-corrected chi connectivity index (χ1v) is 20.5. The van der Waals surface area contributed by atoms with Crippen LogP contribution in [0.1, 0.15) is 49.7 Å². The molecular weight excluding hydrogens is 757 g/mol. The van der Waals surface area contributed by atoms with Crippen molar-refractivity contribution in [3.63, 3.8) is 0 Å². The predicted molar refractivity (Wildman–Crippen MR) is 267 cm³/mol. The van der Waals surface area contributed by atoms with E-state index in [0.29, 0.717) is 10.8 Å². The third-order valence-corrected chi connectivity index (χ3v) is 12.8. The van der Waals surface area contributed by atoms with Crippen molar-refractivity contribution in [1.82, 2.24) is 0 Å². The molecule has 0 nitrogen and oxygen atoms in total. The van der Waals surface area contributed by atoms with Gasteiger partial charge in [0.2, 0.25) is 0 Å². The highest BCUT2D eigenvalue weighted by atomic mass is 14.5. The Labute approximate surface area is 393 Å². The summed E-state index contributed by atoms with van der Waals surface area (Å²) in [7, 11) is 0. The van der Waals surface area contributed by atoms with E-state index in [-0.39, 0.29) is 22.3 Å². The molecule has 290 valence electrons. The fourth-order valence-corrected chi connectivity index (χ4v) is 10.1. The van der Waals surface area contributed by atoms with Gasteiger partial charge in [-0.25, -0.2) is 0 Å². The van der Waals surface area contributed by atoms with Gasteiger partial charge >= 0.3 is 0 Å². The molecule has 13 aromatic rings. The maximum Gasteiger partial charge on any atom is 0.0713 e. The summed E-state index contributed by atoms with van der Waals surface area (Å²) in [5.41, 5.74) is -8.54. The van der Waals surface area contributed by atoms with Crippen molar-refractivity contribution in [2.24, 2.45) is 0 Å². The van der Waals surface area contributed by atoms with Crippen LogP contribution in [0.4, 0.5) is 0 Å². The number of benzene rings is 13. The van der Waals surface area contributed by atoms with E-state index in [0.717, 1.165) is 53.9 Å². The second kappa shape index (κ2) is 13.0. The van der Waals surface area contributed by atoms with Gasteiger partial charge in [0.1, 0.15) is 0 Å². The molecule has 0 saturated heterocycles. The van der Waals surface area contributed by atoms with E-state index in [2.05, 4.69) is 0 Å². The largest absolute Gasteiger partial charge is 0.0713 e. The molecule has 13 aromatic carbocycles. The summed E-state index contributed by atoms with van der Waals surface area (Å²) in [4.78, 5) is 0. The first-order valence-electron chi connectivity index (χ1n) is 30.5. The molecule has 63 heavy (non-hydrogen) atoms. The van der Waals surface area contributed by atoms with Crippen molar-refractivity contribution in [3.8, 4) is 44.5 Å². The van der Waals surface area contributed by atoms with E-state index in [9.17, 15) is 24.7 Å². The molecule has 14 rings (SSSR count). The highest BCUT2D eigenvalue weighted by Crippen LogP contribution is 2.58. The Hall–Kier alpha value is -8.06. The first kappa shape index (κ1) is 20.7. The lowest BCUT2D eigenvalue weighted by Gasteiger charge is -2.34. The minimum absolute atomic E-state index is 0.186. The zero-order chi connectivity index (χ0) is 58.6. The summed E-state index contributed by atoms with van der Waals surface area (Å²) in [5, 5.41) is 9.50. The maximum absolute atomic E-state index is 10.7. The monoisotopic (exact) mass is 814 g/mol. The van der Waals surface area contributed by atoms with Crippen LogP contribution in [-0.4, -0.2) is 0 Å². The van der Waals surface area contributed by atoms with E-state index in [1.807, 2.05) is 78.9 Å². The van der Waals surface area contributed by atoms with Gasteiger partial charge in [0, 0.05) is 0 Å². The summed E-state index contributed by atoms with van der Waals surface area (Å²) in [6, 6.07) is 16.2. The standard InChI is InChI=1S/C63H38/c1-3-16-49(17-4-1)63(50-18-5-2-6-19-50)57-37-46(45-14-9-15-47(36-45)51-30-24-43-22-20-39-10-7-12-41-26-34-55(51)61(43)59(39)41)28-32-53(57)54-33-29-48(38-58(54)63)52-31-25-44-23-21-40-11-8-13-42-27-35-56(52)62(44)60(40)42/h1-38H/i1D,2D,3D,4D,5D,6D,9D,14D,15D,16D,17D,18D,19D,28D,29D,32D,33D,36D,37D,38D. The molecule has 1 aliphatic carbocycles. The summed E-state index contributed by atoms with van der Waals surface area (Å²) < 4.78 is 193. The smallest absolute Gasteiger partial charge is 0.0622 e. The molecule has 0 spiro atoms. The fraction of sp³-hybridized carbons (Fsp3) is 0.0159. The molecule has 0 fully saturated rings. The molecule has 0 heterocycles. The van der Waals surface area contributed by atoms with Crippen LogP contribution in [0.2, 0.25) is 0 Å². The average molecular weight is 815 g/mol. The van der Waals surface area contributed by atoms with Gasteiger partial charge in [0.25, 0.3) is 0 Å². The zero-order valence-electron chi connectivity index (χ0n) is 52.9. The normalized spacial score (nSPS) is 17.7. The lowest BCUT2D eigenvalue weighted by atomic mass is 9.67. The van der Waals surface area contributed by atoms with Gasteiger partial charge in [-0.15, -0.1) is 0 Å². The van der Waals surface area contributed by atoms with Crippen LogP contribution in [0, 0.1) is 0 Å². The van der Waals surface area contributed by atoms with Gasteiger partial charge in [-0.1, -0.05) is 212 Å². The van der Waals surface area contributed by atoms with Crippen molar-refractivity contribution in [2.45, 2.75) is 5.41 Å². The Morgan fingerprint density at radius 2 is 0.683 bits per heavy atom. The Morgan fingerprint density at radius 3 is 1.21 bits per heavy atom. The summed E-state index contributed by atoms with van der Waals surface area (Å²) >= 11 is 0. The van der Waals surface area contributed by atoms with Crippen molar-refractivity contribution >= 4 is 64.6 Å². The summed E-state index contributed by atoms with van der Waals surface area (Å²) in [5.74, 6) is 0. The van der Waals surface area contributed by atoms with Crippen LogP contribution in [-0.2, 0) is 5.41 Å². The summed E-state index contributed by atoms with van der Waals surface area (Å²) in [6.45, 7) is 0. The Kier molecular flexibility index (Phi) is 4.26. The Bertz CT molecular complexity index is 5000.